The Bertz CT molecular complexity index is 725. The third-order valence-corrected chi connectivity index (χ3v) is 11.0. The molecule has 184 valence electrons. The van der Waals surface area contributed by atoms with E-state index in [1.54, 1.807) is 0 Å². The van der Waals surface area contributed by atoms with Crippen molar-refractivity contribution in [3.8, 4) is 0 Å². The highest BCUT2D eigenvalue weighted by Crippen LogP contribution is 2.67. The van der Waals surface area contributed by atoms with E-state index in [1.165, 1.54) is 38.2 Å². The van der Waals surface area contributed by atoms with E-state index in [9.17, 15) is 18.3 Å². The molecule has 0 aromatic heterocycles. The van der Waals surface area contributed by atoms with Crippen LogP contribution in [0.1, 0.15) is 105 Å². The summed E-state index contributed by atoms with van der Waals surface area (Å²) in [5.74, 6) is 2.21. The van der Waals surface area contributed by atoms with Crippen LogP contribution in [0.4, 0.5) is 13.2 Å². The van der Waals surface area contributed by atoms with Crippen molar-refractivity contribution in [2.45, 2.75) is 117 Å². The van der Waals surface area contributed by atoms with Crippen molar-refractivity contribution in [1.29, 1.82) is 0 Å². The lowest BCUT2D eigenvalue weighted by Gasteiger charge is -2.59. The number of alkyl halides is 3. The molecule has 0 amide bonds. The van der Waals surface area contributed by atoms with Gasteiger partial charge >= 0.3 is 6.18 Å². The van der Waals surface area contributed by atoms with Gasteiger partial charge in [-0.25, -0.2) is 0 Å². The van der Waals surface area contributed by atoms with Gasteiger partial charge < -0.3 is 5.11 Å². The lowest BCUT2D eigenvalue weighted by atomic mass is 9.46. The molecule has 0 heterocycles. The quantitative estimate of drug-likeness (QED) is 0.414. The molecule has 9 atom stereocenters. The first-order valence-electron chi connectivity index (χ1n) is 13.3. The Kier molecular flexibility index (Phi) is 6.39. The van der Waals surface area contributed by atoms with Gasteiger partial charge in [0.05, 0.1) is 11.5 Å². The molecule has 0 unspecified atom stereocenters. The van der Waals surface area contributed by atoms with Gasteiger partial charge in [-0.15, -0.1) is 0 Å². The van der Waals surface area contributed by atoms with Gasteiger partial charge in [0, 0.05) is 0 Å². The first kappa shape index (κ1) is 24.6. The van der Waals surface area contributed by atoms with Crippen molar-refractivity contribution in [3.63, 3.8) is 0 Å². The molecule has 0 bridgehead atoms. The van der Waals surface area contributed by atoms with Crippen LogP contribution in [0.5, 0.6) is 0 Å². The van der Waals surface area contributed by atoms with Gasteiger partial charge in [0.2, 0.25) is 0 Å². The highest BCUT2D eigenvalue weighted by Gasteiger charge is 2.59. The van der Waals surface area contributed by atoms with Gasteiger partial charge in [-0.2, -0.15) is 13.2 Å². The standard InChI is InChI=1S/C28H45F3O/c1-18(7-6-8-19(2)28(29,30)31)22-11-12-23-21-10-9-20-17-25(3,32)15-16-26(20,4)24(21)13-14-27(22,23)5/h9,18-19,21-24,32H,6-8,10-17H2,1-5H3/t18-,19+,21+,22-,23+,24+,25+,26+,27-/m1/s1. The molecule has 0 saturated heterocycles. The largest absolute Gasteiger partial charge is 0.391 e. The van der Waals surface area contributed by atoms with E-state index in [4.69, 9.17) is 0 Å². The second-order valence-corrected chi connectivity index (χ2v) is 13.0. The topological polar surface area (TPSA) is 20.2 Å². The molecule has 0 spiro atoms. The molecule has 0 aliphatic heterocycles. The average Bonchev–Trinajstić information content (AvgIpc) is 3.05. The van der Waals surface area contributed by atoms with E-state index in [0.29, 0.717) is 23.7 Å². The van der Waals surface area contributed by atoms with E-state index in [0.717, 1.165) is 49.9 Å². The fourth-order valence-electron chi connectivity index (χ4n) is 8.89. The Morgan fingerprint density at radius 3 is 2.41 bits per heavy atom. The molecule has 4 rings (SSSR count). The molecule has 0 radical (unpaired) electrons. The second-order valence-electron chi connectivity index (χ2n) is 13.0. The molecule has 1 nitrogen and oxygen atoms in total. The van der Waals surface area contributed by atoms with Crippen molar-refractivity contribution in [2.24, 2.45) is 46.3 Å². The van der Waals surface area contributed by atoms with Gasteiger partial charge in [-0.1, -0.05) is 52.2 Å². The molecule has 4 aliphatic rings. The van der Waals surface area contributed by atoms with Crippen LogP contribution in [-0.4, -0.2) is 16.9 Å². The normalized spacial score (nSPS) is 46.0. The number of fused-ring (bicyclic) bond motifs is 5. The maximum absolute atomic E-state index is 12.9. The molecule has 1 N–H and O–H groups in total. The summed E-state index contributed by atoms with van der Waals surface area (Å²) in [5.41, 5.74) is 1.57. The summed E-state index contributed by atoms with van der Waals surface area (Å²) in [7, 11) is 0. The summed E-state index contributed by atoms with van der Waals surface area (Å²) < 4.78 is 38.7. The number of hydrogen-bond acceptors (Lipinski definition) is 1. The third-order valence-electron chi connectivity index (χ3n) is 11.0. The predicted molar refractivity (Wildman–Crippen MR) is 124 cm³/mol. The van der Waals surface area contributed by atoms with Crippen LogP contribution in [0, 0.1) is 46.3 Å². The zero-order valence-corrected chi connectivity index (χ0v) is 20.9. The van der Waals surface area contributed by atoms with E-state index in [-0.39, 0.29) is 11.8 Å². The summed E-state index contributed by atoms with van der Waals surface area (Å²) in [6.45, 7) is 10.6. The van der Waals surface area contributed by atoms with Crippen molar-refractivity contribution in [1.82, 2.24) is 0 Å². The van der Waals surface area contributed by atoms with Crippen LogP contribution in [0.15, 0.2) is 11.6 Å². The number of hydrogen-bond donors (Lipinski definition) is 1. The van der Waals surface area contributed by atoms with Crippen molar-refractivity contribution in [3.05, 3.63) is 11.6 Å². The van der Waals surface area contributed by atoms with Gasteiger partial charge in [-0.05, 0) is 105 Å². The Balaban J connectivity index is 1.43. The van der Waals surface area contributed by atoms with Crippen LogP contribution in [-0.2, 0) is 0 Å². The lowest BCUT2D eigenvalue weighted by molar-refractivity contribution is -0.171. The Morgan fingerprint density at radius 1 is 1.00 bits per heavy atom. The SMILES string of the molecule is C[C@H](CCC[C@H](C)C(F)(F)F)[C@H]1CC[C@H]2[C@@H]3CC=C4C[C@@](C)(O)CC[C@]4(C)[C@H]3CC[C@]12C. The molecule has 0 aromatic carbocycles. The minimum atomic E-state index is -4.05. The number of rotatable bonds is 5. The fourth-order valence-corrected chi connectivity index (χ4v) is 8.89. The van der Waals surface area contributed by atoms with Crippen molar-refractivity contribution < 1.29 is 18.3 Å². The summed E-state index contributed by atoms with van der Waals surface area (Å²) in [5, 5.41) is 10.7. The number of aliphatic hydroxyl groups is 1. The molecule has 3 fully saturated rings. The number of halogens is 3. The van der Waals surface area contributed by atoms with Crippen molar-refractivity contribution in [2.75, 3.05) is 0 Å². The highest BCUT2D eigenvalue weighted by molar-refractivity contribution is 5.26. The predicted octanol–water partition coefficient (Wildman–Crippen LogP) is 8.32. The van der Waals surface area contributed by atoms with Gasteiger partial charge in [-0.3, -0.25) is 0 Å². The minimum Gasteiger partial charge on any atom is -0.390 e. The van der Waals surface area contributed by atoms with E-state index in [1.807, 2.05) is 6.92 Å². The van der Waals surface area contributed by atoms with Gasteiger partial charge in [0.15, 0.2) is 0 Å². The fraction of sp³-hybridized carbons (Fsp3) is 0.929. The Labute approximate surface area is 193 Å². The zero-order valence-electron chi connectivity index (χ0n) is 20.9. The molecule has 32 heavy (non-hydrogen) atoms. The summed E-state index contributed by atoms with van der Waals surface area (Å²) in [6, 6.07) is 0. The van der Waals surface area contributed by atoms with Crippen LogP contribution in [0.2, 0.25) is 0 Å². The van der Waals surface area contributed by atoms with E-state index < -0.39 is 17.7 Å². The monoisotopic (exact) mass is 454 g/mol. The zero-order chi connectivity index (χ0) is 23.5. The maximum Gasteiger partial charge on any atom is 0.391 e. The molecule has 3 saturated carbocycles. The molecule has 4 heteroatoms. The molecular formula is C28H45F3O. The smallest absolute Gasteiger partial charge is 0.390 e. The van der Waals surface area contributed by atoms with Crippen molar-refractivity contribution >= 4 is 0 Å². The first-order chi connectivity index (χ1) is 14.8. The van der Waals surface area contributed by atoms with E-state index >= 15 is 0 Å². The highest BCUT2D eigenvalue weighted by atomic mass is 19.4. The molecule has 0 aromatic rings. The molecule has 4 aliphatic carbocycles. The summed E-state index contributed by atoms with van der Waals surface area (Å²) in [4.78, 5) is 0. The Morgan fingerprint density at radius 2 is 1.72 bits per heavy atom. The lowest BCUT2D eigenvalue weighted by Crippen LogP contribution is -2.52. The van der Waals surface area contributed by atoms with Crippen LogP contribution in [0.3, 0.4) is 0 Å². The maximum atomic E-state index is 12.9. The minimum absolute atomic E-state index is 0.254. The third kappa shape index (κ3) is 4.20. The van der Waals surface area contributed by atoms with Gasteiger partial charge in [0.25, 0.3) is 0 Å². The summed E-state index contributed by atoms with van der Waals surface area (Å²) >= 11 is 0. The second kappa shape index (κ2) is 8.31. The van der Waals surface area contributed by atoms with E-state index in [2.05, 4.69) is 26.8 Å². The molecular weight excluding hydrogens is 409 g/mol. The first-order valence-corrected chi connectivity index (χ1v) is 13.3. The average molecular weight is 455 g/mol. The van der Waals surface area contributed by atoms with Crippen LogP contribution in [0.25, 0.3) is 0 Å². The van der Waals surface area contributed by atoms with Crippen LogP contribution < -0.4 is 0 Å². The Hall–Kier alpha value is -0.510. The number of allylic oxidation sites excluding steroid dienone is 1. The van der Waals surface area contributed by atoms with Crippen LogP contribution >= 0.6 is 0 Å². The summed E-state index contributed by atoms with van der Waals surface area (Å²) in [6.07, 6.45) is 9.43. The van der Waals surface area contributed by atoms with Gasteiger partial charge in [0.1, 0.15) is 0 Å².